The first-order valence-corrected chi connectivity index (χ1v) is 6.61. The average Bonchev–Trinajstić information content (AvgIpc) is 2.51. The van der Waals surface area contributed by atoms with Crippen LogP contribution in [0.3, 0.4) is 0 Å². The van der Waals surface area contributed by atoms with E-state index in [4.69, 9.17) is 0 Å². The lowest BCUT2D eigenvalue weighted by Crippen LogP contribution is -2.31. The van der Waals surface area contributed by atoms with Crippen LogP contribution < -0.4 is 10.4 Å². The molecule has 0 aliphatic rings. The third kappa shape index (κ3) is 4.31. The van der Waals surface area contributed by atoms with Crippen molar-refractivity contribution in [2.75, 3.05) is 17.2 Å². The molecule has 0 atom stereocenters. The Morgan fingerprint density at radius 1 is 0.833 bits per heavy atom. The predicted octanol–water partition coefficient (Wildman–Crippen LogP) is 4.51. The van der Waals surface area contributed by atoms with Crippen molar-refractivity contribution >= 4 is 11.4 Å². The Morgan fingerprint density at radius 3 is 1.92 bits per heavy atom. The van der Waals surface area contributed by atoms with E-state index >= 15 is 0 Å². The average molecular weight is 350 g/mol. The SMILES string of the molecule is OCN(Nc1cccc(C(F)(F)F)c1)c1cccc(C(F)(F)F)c1. The molecule has 2 aromatic carbocycles. The monoisotopic (exact) mass is 350 g/mol. The second kappa shape index (κ2) is 6.60. The topological polar surface area (TPSA) is 35.5 Å². The Labute approximate surface area is 133 Å². The highest BCUT2D eigenvalue weighted by molar-refractivity contribution is 5.57. The van der Waals surface area contributed by atoms with Crippen LogP contribution in [0.25, 0.3) is 0 Å². The van der Waals surface area contributed by atoms with Gasteiger partial charge in [0.2, 0.25) is 0 Å². The van der Waals surface area contributed by atoms with E-state index in [1.807, 2.05) is 0 Å². The standard InChI is InChI=1S/C15H12F6N2O/c16-14(17,18)10-3-1-5-12(7-10)22-23(9-24)13-6-2-4-11(8-13)15(19,20)21/h1-8,22,24H,9H2. The summed E-state index contributed by atoms with van der Waals surface area (Å²) in [5.74, 6) is 0. The van der Waals surface area contributed by atoms with Gasteiger partial charge in [-0.25, -0.2) is 0 Å². The van der Waals surface area contributed by atoms with Gasteiger partial charge in [-0.1, -0.05) is 12.1 Å². The normalized spacial score (nSPS) is 12.1. The van der Waals surface area contributed by atoms with E-state index in [0.717, 1.165) is 41.4 Å². The zero-order chi connectivity index (χ0) is 18.0. The van der Waals surface area contributed by atoms with E-state index < -0.39 is 30.2 Å². The first kappa shape index (κ1) is 17.9. The van der Waals surface area contributed by atoms with Gasteiger partial charge in [0.1, 0.15) is 6.73 Å². The summed E-state index contributed by atoms with van der Waals surface area (Å²) in [5, 5.41) is 10.2. The van der Waals surface area contributed by atoms with E-state index in [9.17, 15) is 31.4 Å². The molecule has 0 fully saturated rings. The van der Waals surface area contributed by atoms with Crippen LogP contribution in [0.5, 0.6) is 0 Å². The molecule has 24 heavy (non-hydrogen) atoms. The molecule has 0 aliphatic heterocycles. The third-order valence-corrected chi connectivity index (χ3v) is 3.08. The summed E-state index contributed by atoms with van der Waals surface area (Å²) >= 11 is 0. The number of hydrogen-bond donors (Lipinski definition) is 2. The van der Waals surface area contributed by atoms with Crippen LogP contribution in [0.15, 0.2) is 48.5 Å². The number of anilines is 2. The Bertz CT molecular complexity index is 699. The summed E-state index contributed by atoms with van der Waals surface area (Å²) in [5.41, 5.74) is 0.507. The number of halogens is 6. The van der Waals surface area contributed by atoms with Crippen molar-refractivity contribution < 1.29 is 31.4 Å². The number of nitrogens with zero attached hydrogens (tertiary/aromatic N) is 1. The van der Waals surface area contributed by atoms with Crippen LogP contribution in [0.1, 0.15) is 11.1 Å². The highest BCUT2D eigenvalue weighted by atomic mass is 19.4. The van der Waals surface area contributed by atoms with Gasteiger partial charge in [-0.05, 0) is 36.4 Å². The molecule has 0 unspecified atom stereocenters. The molecule has 0 aliphatic carbocycles. The molecule has 0 saturated heterocycles. The lowest BCUT2D eigenvalue weighted by Gasteiger charge is -2.25. The first-order chi connectivity index (χ1) is 11.1. The number of aliphatic hydroxyl groups is 1. The second-order valence-corrected chi connectivity index (χ2v) is 4.81. The van der Waals surface area contributed by atoms with E-state index in [1.54, 1.807) is 0 Å². The summed E-state index contributed by atoms with van der Waals surface area (Å²) in [6.07, 6.45) is -9.13. The van der Waals surface area contributed by atoms with Gasteiger partial charge in [0.15, 0.2) is 0 Å². The highest BCUT2D eigenvalue weighted by Crippen LogP contribution is 2.33. The van der Waals surface area contributed by atoms with Gasteiger partial charge >= 0.3 is 12.4 Å². The highest BCUT2D eigenvalue weighted by Gasteiger charge is 2.31. The molecule has 3 nitrogen and oxygen atoms in total. The maximum Gasteiger partial charge on any atom is 0.416 e. The molecule has 9 heteroatoms. The van der Waals surface area contributed by atoms with Gasteiger partial charge in [0.25, 0.3) is 0 Å². The van der Waals surface area contributed by atoms with Crippen molar-refractivity contribution in [2.45, 2.75) is 12.4 Å². The van der Waals surface area contributed by atoms with E-state index in [1.165, 1.54) is 12.1 Å². The lowest BCUT2D eigenvalue weighted by atomic mass is 10.2. The van der Waals surface area contributed by atoms with Crippen molar-refractivity contribution in [3.63, 3.8) is 0 Å². The number of hydrazine groups is 1. The molecule has 0 saturated carbocycles. The fraction of sp³-hybridized carbons (Fsp3) is 0.200. The number of nitrogens with one attached hydrogen (secondary N) is 1. The van der Waals surface area contributed by atoms with Gasteiger partial charge in [-0.15, -0.1) is 0 Å². The van der Waals surface area contributed by atoms with Gasteiger partial charge in [-0.2, -0.15) is 26.3 Å². The molecule has 0 amide bonds. The summed E-state index contributed by atoms with van der Waals surface area (Å²) in [7, 11) is 0. The molecule has 0 spiro atoms. The smallest absolute Gasteiger partial charge is 0.375 e. The number of benzene rings is 2. The molecule has 0 heterocycles. The summed E-state index contributed by atoms with van der Waals surface area (Å²) in [6, 6.07) is 8.13. The van der Waals surface area contributed by atoms with Gasteiger partial charge < -0.3 is 5.11 Å². The maximum atomic E-state index is 12.7. The molecule has 0 radical (unpaired) electrons. The second-order valence-electron chi connectivity index (χ2n) is 4.81. The van der Waals surface area contributed by atoms with E-state index in [2.05, 4.69) is 5.43 Å². The predicted molar refractivity (Wildman–Crippen MR) is 76.1 cm³/mol. The fourth-order valence-corrected chi connectivity index (χ4v) is 1.95. The van der Waals surface area contributed by atoms with Crippen LogP contribution in [0.4, 0.5) is 37.7 Å². The van der Waals surface area contributed by atoms with Gasteiger partial charge in [-0.3, -0.25) is 10.4 Å². The van der Waals surface area contributed by atoms with E-state index in [0.29, 0.717) is 0 Å². The molecular formula is C15H12F6N2O. The van der Waals surface area contributed by atoms with Crippen molar-refractivity contribution in [1.82, 2.24) is 0 Å². The zero-order valence-corrected chi connectivity index (χ0v) is 12.0. The van der Waals surface area contributed by atoms with Crippen molar-refractivity contribution in [3.8, 4) is 0 Å². The molecule has 2 N–H and O–H groups in total. The molecule has 2 aromatic rings. The maximum absolute atomic E-state index is 12.7. The third-order valence-electron chi connectivity index (χ3n) is 3.08. The summed E-state index contributed by atoms with van der Waals surface area (Å²) < 4.78 is 76.2. The van der Waals surface area contributed by atoms with E-state index in [-0.39, 0.29) is 11.4 Å². The minimum Gasteiger partial charge on any atom is -0.375 e. The lowest BCUT2D eigenvalue weighted by molar-refractivity contribution is -0.138. The van der Waals surface area contributed by atoms with Gasteiger partial charge in [0, 0.05) is 0 Å². The van der Waals surface area contributed by atoms with Crippen molar-refractivity contribution in [1.29, 1.82) is 0 Å². The van der Waals surface area contributed by atoms with Crippen LogP contribution in [0, 0.1) is 0 Å². The minimum absolute atomic E-state index is 0.0312. The van der Waals surface area contributed by atoms with Crippen LogP contribution in [-0.2, 0) is 12.4 Å². The van der Waals surface area contributed by atoms with Crippen LogP contribution in [-0.4, -0.2) is 11.8 Å². The Kier molecular flexibility index (Phi) is 4.93. The zero-order valence-electron chi connectivity index (χ0n) is 12.0. The molecular weight excluding hydrogens is 338 g/mol. The Hall–Kier alpha value is -2.42. The largest absolute Gasteiger partial charge is 0.416 e. The quantitative estimate of drug-likeness (QED) is 0.484. The number of rotatable bonds is 4. The summed E-state index contributed by atoms with van der Waals surface area (Å²) in [4.78, 5) is 0. The fourth-order valence-electron chi connectivity index (χ4n) is 1.95. The minimum atomic E-state index is -4.58. The summed E-state index contributed by atoms with van der Waals surface area (Å²) in [6.45, 7) is -0.752. The van der Waals surface area contributed by atoms with Gasteiger partial charge in [0.05, 0.1) is 22.5 Å². The molecule has 0 aromatic heterocycles. The van der Waals surface area contributed by atoms with Crippen LogP contribution in [0.2, 0.25) is 0 Å². The Morgan fingerprint density at radius 2 is 1.38 bits per heavy atom. The molecule has 130 valence electrons. The van der Waals surface area contributed by atoms with Crippen LogP contribution >= 0.6 is 0 Å². The number of aliphatic hydroxyl groups excluding tert-OH is 1. The Balaban J connectivity index is 2.28. The first-order valence-electron chi connectivity index (χ1n) is 6.61. The number of hydrogen-bond acceptors (Lipinski definition) is 3. The molecule has 2 rings (SSSR count). The van der Waals surface area contributed by atoms with Crippen molar-refractivity contribution in [3.05, 3.63) is 59.7 Å². The number of alkyl halides is 6. The van der Waals surface area contributed by atoms with Crippen molar-refractivity contribution in [2.24, 2.45) is 0 Å². The molecule has 0 bridgehead atoms.